The van der Waals surface area contributed by atoms with E-state index in [0.717, 1.165) is 46.9 Å². The maximum absolute atomic E-state index is 5.69. The second-order valence-corrected chi connectivity index (χ2v) is 7.17. The van der Waals surface area contributed by atoms with Gasteiger partial charge < -0.3 is 19.1 Å². The molecule has 0 spiro atoms. The highest BCUT2D eigenvalue weighted by atomic mass is 127. The molecule has 3 rings (SSSR count). The van der Waals surface area contributed by atoms with E-state index in [1.165, 1.54) is 5.69 Å². The first-order valence-corrected chi connectivity index (χ1v) is 9.87. The fourth-order valence-corrected chi connectivity index (χ4v) is 3.60. The standard InChI is InChI=1S/C21H23IN2O3/c1-3-10-27-21-19(22)13-16(14-20(21)25-2)15-23-17-4-6-18(7-5-17)24-8-11-26-12-9-24/h3-7,13-15H,1,8-12H2,2H3. The number of morpholine rings is 1. The Hall–Kier alpha value is -2.06. The lowest BCUT2D eigenvalue weighted by Gasteiger charge is -2.28. The first-order chi connectivity index (χ1) is 13.2. The molecular weight excluding hydrogens is 455 g/mol. The summed E-state index contributed by atoms with van der Waals surface area (Å²) in [5.74, 6) is 1.41. The molecule has 1 fully saturated rings. The van der Waals surface area contributed by atoms with Crippen molar-refractivity contribution < 1.29 is 14.2 Å². The Morgan fingerprint density at radius 2 is 1.96 bits per heavy atom. The van der Waals surface area contributed by atoms with E-state index < -0.39 is 0 Å². The van der Waals surface area contributed by atoms with Crippen molar-refractivity contribution >= 4 is 40.2 Å². The minimum absolute atomic E-state index is 0.440. The summed E-state index contributed by atoms with van der Waals surface area (Å²) in [6.45, 7) is 7.55. The van der Waals surface area contributed by atoms with Gasteiger partial charge in [0, 0.05) is 25.0 Å². The van der Waals surface area contributed by atoms with Crippen LogP contribution in [0.1, 0.15) is 5.56 Å². The van der Waals surface area contributed by atoms with Gasteiger partial charge in [0.25, 0.3) is 0 Å². The number of hydrogen-bond donors (Lipinski definition) is 0. The molecule has 0 aliphatic carbocycles. The number of benzene rings is 2. The van der Waals surface area contributed by atoms with Gasteiger partial charge >= 0.3 is 0 Å². The number of ether oxygens (including phenoxy) is 3. The summed E-state index contributed by atoms with van der Waals surface area (Å²) in [4.78, 5) is 6.91. The van der Waals surface area contributed by atoms with Crippen molar-refractivity contribution in [2.75, 3.05) is 44.9 Å². The van der Waals surface area contributed by atoms with Crippen molar-refractivity contribution in [1.82, 2.24) is 0 Å². The quantitative estimate of drug-likeness (QED) is 0.335. The normalized spacial score (nSPS) is 14.4. The van der Waals surface area contributed by atoms with Crippen LogP contribution in [0.25, 0.3) is 0 Å². The van der Waals surface area contributed by atoms with Crippen LogP contribution in [0.2, 0.25) is 0 Å². The first kappa shape index (κ1) is 19.7. The van der Waals surface area contributed by atoms with Crippen molar-refractivity contribution in [3.8, 4) is 11.5 Å². The van der Waals surface area contributed by atoms with Gasteiger partial charge in [-0.15, -0.1) is 0 Å². The predicted octanol–water partition coefficient (Wildman–Crippen LogP) is 4.45. The Morgan fingerprint density at radius 3 is 2.63 bits per heavy atom. The fraction of sp³-hybridized carbons (Fsp3) is 0.286. The van der Waals surface area contributed by atoms with E-state index in [9.17, 15) is 0 Å². The summed E-state index contributed by atoms with van der Waals surface area (Å²) < 4.78 is 17.5. The molecule has 27 heavy (non-hydrogen) atoms. The molecule has 1 saturated heterocycles. The smallest absolute Gasteiger partial charge is 0.174 e. The highest BCUT2D eigenvalue weighted by molar-refractivity contribution is 14.1. The Morgan fingerprint density at radius 1 is 1.22 bits per heavy atom. The molecule has 0 amide bonds. The molecule has 0 N–H and O–H groups in total. The van der Waals surface area contributed by atoms with Crippen LogP contribution >= 0.6 is 22.6 Å². The van der Waals surface area contributed by atoms with Crippen molar-refractivity contribution in [2.45, 2.75) is 0 Å². The number of nitrogens with zero attached hydrogens (tertiary/aromatic N) is 2. The molecule has 5 nitrogen and oxygen atoms in total. The zero-order valence-corrected chi connectivity index (χ0v) is 17.5. The summed E-state index contributed by atoms with van der Waals surface area (Å²) >= 11 is 2.24. The Bertz CT molecular complexity index is 800. The topological polar surface area (TPSA) is 43.3 Å². The van der Waals surface area contributed by atoms with Crippen molar-refractivity contribution in [1.29, 1.82) is 0 Å². The van der Waals surface area contributed by atoms with Crippen molar-refractivity contribution in [3.05, 3.63) is 58.2 Å². The van der Waals surface area contributed by atoms with Crippen LogP contribution < -0.4 is 14.4 Å². The molecule has 1 heterocycles. The minimum Gasteiger partial charge on any atom is -0.493 e. The molecule has 0 bridgehead atoms. The van der Waals surface area contributed by atoms with Gasteiger partial charge in [0.05, 0.1) is 29.6 Å². The molecule has 2 aromatic carbocycles. The number of aliphatic imine (C=N–C) groups is 1. The lowest BCUT2D eigenvalue weighted by molar-refractivity contribution is 0.122. The maximum Gasteiger partial charge on any atom is 0.174 e. The highest BCUT2D eigenvalue weighted by Gasteiger charge is 2.12. The van der Waals surface area contributed by atoms with E-state index in [1.54, 1.807) is 13.2 Å². The van der Waals surface area contributed by atoms with E-state index in [1.807, 2.05) is 30.5 Å². The third-order valence-electron chi connectivity index (χ3n) is 4.19. The molecule has 0 atom stereocenters. The van der Waals surface area contributed by atoms with Crippen molar-refractivity contribution in [2.24, 2.45) is 4.99 Å². The summed E-state index contributed by atoms with van der Waals surface area (Å²) in [7, 11) is 1.64. The summed E-state index contributed by atoms with van der Waals surface area (Å²) in [6, 6.07) is 12.2. The maximum atomic E-state index is 5.69. The van der Waals surface area contributed by atoms with Crippen LogP contribution in [0.5, 0.6) is 11.5 Å². The van der Waals surface area contributed by atoms with Crippen LogP contribution in [0.15, 0.2) is 54.0 Å². The Balaban J connectivity index is 1.73. The molecule has 0 saturated carbocycles. The summed E-state index contributed by atoms with van der Waals surface area (Å²) in [5.41, 5.74) is 3.07. The van der Waals surface area contributed by atoms with E-state index in [4.69, 9.17) is 14.2 Å². The highest BCUT2D eigenvalue weighted by Crippen LogP contribution is 2.33. The molecule has 1 aliphatic heterocycles. The van der Waals surface area contributed by atoms with E-state index in [2.05, 4.69) is 51.2 Å². The Kier molecular flexibility index (Phi) is 7.11. The molecule has 142 valence electrons. The van der Waals surface area contributed by atoms with Crippen LogP contribution in [-0.2, 0) is 4.74 Å². The van der Waals surface area contributed by atoms with Gasteiger partial charge in [-0.1, -0.05) is 12.7 Å². The zero-order chi connectivity index (χ0) is 19.1. The summed E-state index contributed by atoms with van der Waals surface area (Å²) in [6.07, 6.45) is 3.55. The van der Waals surface area contributed by atoms with Crippen LogP contribution in [0, 0.1) is 3.57 Å². The average Bonchev–Trinajstić information content (AvgIpc) is 2.72. The minimum atomic E-state index is 0.440. The second-order valence-electron chi connectivity index (χ2n) is 6.01. The molecule has 6 heteroatoms. The van der Waals surface area contributed by atoms with Crippen LogP contribution in [-0.4, -0.2) is 46.2 Å². The number of halogens is 1. The second kappa shape index (κ2) is 9.75. The summed E-state index contributed by atoms with van der Waals surface area (Å²) in [5, 5.41) is 0. The number of rotatable bonds is 7. The molecule has 0 radical (unpaired) electrons. The number of hydrogen-bond acceptors (Lipinski definition) is 5. The van der Waals surface area contributed by atoms with Gasteiger partial charge in [-0.2, -0.15) is 0 Å². The number of anilines is 1. The molecule has 1 aliphatic rings. The van der Waals surface area contributed by atoms with E-state index in [0.29, 0.717) is 12.4 Å². The average molecular weight is 478 g/mol. The van der Waals surface area contributed by atoms with Gasteiger partial charge in [0.2, 0.25) is 0 Å². The monoisotopic (exact) mass is 478 g/mol. The van der Waals surface area contributed by atoms with E-state index in [-0.39, 0.29) is 0 Å². The third kappa shape index (κ3) is 5.23. The first-order valence-electron chi connectivity index (χ1n) is 8.79. The largest absolute Gasteiger partial charge is 0.493 e. The van der Waals surface area contributed by atoms with Gasteiger partial charge in [-0.25, -0.2) is 0 Å². The lowest BCUT2D eigenvalue weighted by atomic mass is 10.2. The molecule has 0 aromatic heterocycles. The Labute approximate surface area is 173 Å². The van der Waals surface area contributed by atoms with E-state index >= 15 is 0 Å². The number of methoxy groups -OCH3 is 1. The van der Waals surface area contributed by atoms with Gasteiger partial charge in [-0.3, -0.25) is 4.99 Å². The van der Waals surface area contributed by atoms with Crippen LogP contribution in [0.4, 0.5) is 11.4 Å². The van der Waals surface area contributed by atoms with Crippen LogP contribution in [0.3, 0.4) is 0 Å². The van der Waals surface area contributed by atoms with Gasteiger partial charge in [-0.05, 0) is 64.6 Å². The molecule has 2 aromatic rings. The van der Waals surface area contributed by atoms with Gasteiger partial charge in [0.1, 0.15) is 6.61 Å². The molecular formula is C21H23IN2O3. The van der Waals surface area contributed by atoms with Gasteiger partial charge in [0.15, 0.2) is 11.5 Å². The molecule has 0 unspecified atom stereocenters. The SMILES string of the molecule is C=CCOc1c(I)cc(C=Nc2ccc(N3CCOCC3)cc2)cc1OC. The third-order valence-corrected chi connectivity index (χ3v) is 4.99. The van der Waals surface area contributed by atoms with Crippen molar-refractivity contribution in [3.63, 3.8) is 0 Å². The fourth-order valence-electron chi connectivity index (χ4n) is 2.82. The lowest BCUT2D eigenvalue weighted by Crippen LogP contribution is -2.36. The predicted molar refractivity (Wildman–Crippen MR) is 118 cm³/mol. The zero-order valence-electron chi connectivity index (χ0n) is 15.4.